The molecule has 1 heterocycles. The van der Waals surface area contributed by atoms with Crippen LogP contribution in [0.5, 0.6) is 0 Å². The predicted molar refractivity (Wildman–Crippen MR) is 103 cm³/mol. The third-order valence-electron chi connectivity index (χ3n) is 8.77. The predicted octanol–water partition coefficient (Wildman–Crippen LogP) is 1.36. The van der Waals surface area contributed by atoms with Gasteiger partial charge in [-0.2, -0.15) is 0 Å². The molecule has 3 saturated carbocycles. The number of hydrogen-bond donors (Lipinski definition) is 3. The van der Waals surface area contributed by atoms with Crippen LogP contribution in [0, 0.1) is 22.7 Å². The van der Waals surface area contributed by atoms with Gasteiger partial charge in [-0.05, 0) is 65.6 Å². The first kappa shape index (κ1) is 20.0. The van der Waals surface area contributed by atoms with Crippen LogP contribution in [0.2, 0.25) is 0 Å². The molecule has 0 aromatic rings. The maximum absolute atomic E-state index is 15.4. The van der Waals surface area contributed by atoms with Gasteiger partial charge in [-0.1, -0.05) is 13.0 Å². The number of epoxide rings is 1. The molecule has 0 aromatic carbocycles. The molecule has 5 aliphatic rings. The molecule has 158 valence electrons. The highest BCUT2D eigenvalue weighted by molar-refractivity contribution is 9.12. The summed E-state index contributed by atoms with van der Waals surface area (Å²) in [5.41, 5.74) is -4.29. The third-order valence-corrected chi connectivity index (χ3v) is 9.39. The number of ketones is 2. The standard InChI is InChI=1S/C21H24BrFO6/c1-18-7-17-21(29-17)10(9(18)5-15(26)20(18,28)16(27)8-24)3-13(23)11-4-14(25)12(22)6-19(11,21)2/h4,6,9-10,13,15,17,24,26,28H,3,5,7-8H2,1-2H3/t9-,10?,13+,15+,17?,18-,19-,20-,21?/m0/s1. The van der Waals surface area contributed by atoms with E-state index in [1.54, 1.807) is 13.0 Å². The fraction of sp³-hybridized carbons (Fsp3) is 0.714. The van der Waals surface area contributed by atoms with Gasteiger partial charge in [0.2, 0.25) is 0 Å². The molecule has 0 aromatic heterocycles. The Hall–Kier alpha value is -0.930. The molecule has 0 amide bonds. The average Bonchev–Trinajstić information content (AvgIpc) is 3.35. The quantitative estimate of drug-likeness (QED) is 0.526. The van der Waals surface area contributed by atoms with Gasteiger partial charge < -0.3 is 20.1 Å². The Bertz CT molecular complexity index is 902. The van der Waals surface area contributed by atoms with Crippen LogP contribution < -0.4 is 0 Å². The minimum absolute atomic E-state index is 0.104. The number of fused-ring (bicyclic) bond motifs is 3. The molecular weight excluding hydrogens is 447 g/mol. The molecule has 3 unspecified atom stereocenters. The first-order valence-corrected chi connectivity index (χ1v) is 10.8. The number of hydrogen-bond acceptors (Lipinski definition) is 6. The lowest BCUT2D eigenvalue weighted by molar-refractivity contribution is -0.174. The van der Waals surface area contributed by atoms with E-state index in [-0.39, 0.29) is 36.6 Å². The van der Waals surface area contributed by atoms with Crippen molar-refractivity contribution in [3.63, 3.8) is 0 Å². The van der Waals surface area contributed by atoms with Gasteiger partial charge in [0, 0.05) is 10.8 Å². The lowest BCUT2D eigenvalue weighted by Crippen LogP contribution is -2.64. The second-order valence-corrected chi connectivity index (χ2v) is 10.5. The Morgan fingerprint density at radius 2 is 2.03 bits per heavy atom. The number of allylic oxidation sites excluding steroid dienone is 2. The summed E-state index contributed by atoms with van der Waals surface area (Å²) in [6.07, 6.45) is 0.617. The van der Waals surface area contributed by atoms with Gasteiger partial charge in [-0.15, -0.1) is 0 Å². The van der Waals surface area contributed by atoms with E-state index in [0.29, 0.717) is 16.5 Å². The Morgan fingerprint density at radius 3 is 2.69 bits per heavy atom. The Balaban J connectivity index is 1.64. The van der Waals surface area contributed by atoms with Gasteiger partial charge in [0.25, 0.3) is 0 Å². The van der Waals surface area contributed by atoms with E-state index in [4.69, 9.17) is 4.74 Å². The summed E-state index contributed by atoms with van der Waals surface area (Å²) < 4.78 is 22.0. The van der Waals surface area contributed by atoms with E-state index < -0.39 is 46.7 Å². The van der Waals surface area contributed by atoms with Crippen LogP contribution in [-0.4, -0.2) is 63.1 Å². The molecule has 9 atom stereocenters. The number of Topliss-reactive ketones (excluding diaryl/α,β-unsaturated/α-hetero) is 1. The lowest BCUT2D eigenvalue weighted by Gasteiger charge is -2.56. The molecule has 1 saturated heterocycles. The summed E-state index contributed by atoms with van der Waals surface area (Å²) in [4.78, 5) is 24.6. The van der Waals surface area contributed by atoms with Crippen molar-refractivity contribution in [2.75, 3.05) is 6.61 Å². The molecule has 5 rings (SSSR count). The van der Waals surface area contributed by atoms with E-state index >= 15 is 4.39 Å². The Kier molecular flexibility index (Phi) is 3.90. The smallest absolute Gasteiger partial charge is 0.192 e. The maximum Gasteiger partial charge on any atom is 0.192 e. The second-order valence-electron chi connectivity index (χ2n) is 9.70. The number of aliphatic hydroxyl groups excluding tert-OH is 2. The third kappa shape index (κ3) is 2.01. The van der Waals surface area contributed by atoms with Crippen LogP contribution in [0.3, 0.4) is 0 Å². The topological polar surface area (TPSA) is 107 Å². The molecule has 4 aliphatic carbocycles. The first-order valence-electron chi connectivity index (χ1n) is 9.98. The van der Waals surface area contributed by atoms with Crippen molar-refractivity contribution in [2.24, 2.45) is 22.7 Å². The number of carbonyl (C=O) groups excluding carboxylic acids is 2. The zero-order chi connectivity index (χ0) is 21.1. The van der Waals surface area contributed by atoms with Crippen LogP contribution in [0.25, 0.3) is 0 Å². The number of aliphatic hydroxyl groups is 3. The molecule has 0 bridgehead atoms. The van der Waals surface area contributed by atoms with E-state index in [2.05, 4.69) is 15.9 Å². The average molecular weight is 471 g/mol. The number of halogens is 2. The molecule has 4 fully saturated rings. The van der Waals surface area contributed by atoms with E-state index in [9.17, 15) is 24.9 Å². The highest BCUT2D eigenvalue weighted by Crippen LogP contribution is 2.76. The van der Waals surface area contributed by atoms with Crippen molar-refractivity contribution >= 4 is 27.5 Å². The molecule has 1 spiro atoms. The van der Waals surface area contributed by atoms with Crippen LogP contribution in [0.1, 0.15) is 33.1 Å². The number of ether oxygens (including phenoxy) is 1. The highest BCUT2D eigenvalue weighted by atomic mass is 79.9. The van der Waals surface area contributed by atoms with Crippen molar-refractivity contribution < 1.29 is 34.0 Å². The molecule has 29 heavy (non-hydrogen) atoms. The van der Waals surface area contributed by atoms with Gasteiger partial charge in [0.1, 0.15) is 18.4 Å². The Labute approximate surface area is 175 Å². The summed E-state index contributed by atoms with van der Waals surface area (Å²) in [6, 6.07) is 0. The highest BCUT2D eigenvalue weighted by Gasteiger charge is 2.83. The minimum atomic E-state index is -2.09. The van der Waals surface area contributed by atoms with Crippen molar-refractivity contribution in [1.29, 1.82) is 0 Å². The normalized spacial score (nSPS) is 55.1. The monoisotopic (exact) mass is 470 g/mol. The zero-order valence-electron chi connectivity index (χ0n) is 16.2. The van der Waals surface area contributed by atoms with Crippen LogP contribution in [0.4, 0.5) is 4.39 Å². The fourth-order valence-electron chi connectivity index (χ4n) is 7.33. The van der Waals surface area contributed by atoms with Crippen molar-refractivity contribution in [2.45, 2.75) is 62.7 Å². The van der Waals surface area contributed by atoms with Crippen LogP contribution >= 0.6 is 15.9 Å². The fourth-order valence-corrected chi connectivity index (χ4v) is 7.91. The van der Waals surface area contributed by atoms with Crippen molar-refractivity contribution in [3.8, 4) is 0 Å². The van der Waals surface area contributed by atoms with E-state index in [1.165, 1.54) is 6.08 Å². The number of carbonyl (C=O) groups is 2. The first-order chi connectivity index (χ1) is 13.5. The molecule has 6 nitrogen and oxygen atoms in total. The SMILES string of the molecule is C[C@]12C=C(Br)C(=O)C=C1[C@H](F)CC1[C@@H]3C[C@@H](O)[C@](O)(C(=O)CO)[C@@]3(C)CC3OC312. The second kappa shape index (κ2) is 5.65. The van der Waals surface area contributed by atoms with Gasteiger partial charge in [-0.25, -0.2) is 4.39 Å². The van der Waals surface area contributed by atoms with Gasteiger partial charge in [-0.3, -0.25) is 9.59 Å². The van der Waals surface area contributed by atoms with Crippen molar-refractivity contribution in [3.05, 3.63) is 22.2 Å². The molecule has 3 N–H and O–H groups in total. The van der Waals surface area contributed by atoms with Gasteiger partial charge in [0.15, 0.2) is 17.2 Å². The van der Waals surface area contributed by atoms with Crippen LogP contribution in [-0.2, 0) is 14.3 Å². The summed E-state index contributed by atoms with van der Waals surface area (Å²) in [6.45, 7) is 2.75. The molecular formula is C21H24BrFO6. The molecule has 8 heteroatoms. The number of rotatable bonds is 2. The molecule has 1 aliphatic heterocycles. The van der Waals surface area contributed by atoms with Gasteiger partial charge in [0.05, 0.1) is 16.7 Å². The summed E-state index contributed by atoms with van der Waals surface area (Å²) in [5, 5.41) is 31.4. The maximum atomic E-state index is 15.4. The van der Waals surface area contributed by atoms with Gasteiger partial charge >= 0.3 is 0 Å². The number of alkyl halides is 1. The Morgan fingerprint density at radius 1 is 1.34 bits per heavy atom. The molecule has 0 radical (unpaired) electrons. The van der Waals surface area contributed by atoms with Crippen molar-refractivity contribution in [1.82, 2.24) is 0 Å². The van der Waals surface area contributed by atoms with Crippen LogP contribution in [0.15, 0.2) is 22.2 Å². The largest absolute Gasteiger partial charge is 0.390 e. The lowest BCUT2D eigenvalue weighted by atomic mass is 9.46. The summed E-state index contributed by atoms with van der Waals surface area (Å²) >= 11 is 3.29. The van der Waals surface area contributed by atoms with E-state index in [0.717, 1.165) is 0 Å². The van der Waals surface area contributed by atoms with E-state index in [1.807, 2.05) is 6.92 Å². The summed E-state index contributed by atoms with van der Waals surface area (Å²) in [5.74, 6) is -1.79. The minimum Gasteiger partial charge on any atom is -0.390 e. The zero-order valence-corrected chi connectivity index (χ0v) is 17.8. The summed E-state index contributed by atoms with van der Waals surface area (Å²) in [7, 11) is 0.